The molecule has 2 aromatic carbocycles. The summed E-state index contributed by atoms with van der Waals surface area (Å²) in [6, 6.07) is 6.91. The van der Waals surface area contributed by atoms with Gasteiger partial charge in [0.15, 0.2) is 0 Å². The molecule has 180 valence electrons. The van der Waals surface area contributed by atoms with Gasteiger partial charge < -0.3 is 10.2 Å². The molecule has 1 fully saturated rings. The number of fused-ring (bicyclic) bond motifs is 2. The number of nitrogens with one attached hydrogen (secondary N) is 1. The lowest BCUT2D eigenvalue weighted by Gasteiger charge is -2.32. The van der Waals surface area contributed by atoms with Gasteiger partial charge in [-0.1, -0.05) is 40.2 Å². The highest BCUT2D eigenvalue weighted by Gasteiger charge is 2.56. The molecule has 0 saturated carbocycles. The number of imide groups is 1. The summed E-state index contributed by atoms with van der Waals surface area (Å²) in [7, 11) is 0. The van der Waals surface area contributed by atoms with Gasteiger partial charge in [0.05, 0.1) is 0 Å². The Labute approximate surface area is 201 Å². The molecule has 0 aromatic heterocycles. The predicted octanol–water partition coefficient (Wildman–Crippen LogP) is 4.26. The van der Waals surface area contributed by atoms with Gasteiger partial charge in [0, 0.05) is 11.0 Å². The fourth-order valence-corrected chi connectivity index (χ4v) is 4.98. The van der Waals surface area contributed by atoms with E-state index in [0.29, 0.717) is 21.8 Å². The summed E-state index contributed by atoms with van der Waals surface area (Å²) >= 11 is 3.43. The summed E-state index contributed by atoms with van der Waals surface area (Å²) < 4.78 is 54.5. The number of amides is 4. The minimum atomic E-state index is -4.75. The Kier molecular flexibility index (Phi) is 6.17. The third kappa shape index (κ3) is 4.17. The van der Waals surface area contributed by atoms with Gasteiger partial charge in [0.25, 0.3) is 5.91 Å². The Morgan fingerprint density at radius 2 is 1.88 bits per heavy atom. The quantitative estimate of drug-likeness (QED) is 0.454. The van der Waals surface area contributed by atoms with E-state index in [1.54, 1.807) is 12.1 Å². The molecule has 0 radical (unpaired) electrons. The Hall–Kier alpha value is -2.95. The van der Waals surface area contributed by atoms with Gasteiger partial charge in [-0.05, 0) is 54.7 Å². The molecule has 2 aromatic rings. The topological polar surface area (TPSA) is 69.7 Å². The van der Waals surface area contributed by atoms with Crippen LogP contribution >= 0.6 is 15.9 Å². The Balaban J connectivity index is 1.59. The second kappa shape index (κ2) is 8.68. The molecule has 2 unspecified atom stereocenters. The second-order valence-corrected chi connectivity index (χ2v) is 9.21. The first-order chi connectivity index (χ1) is 15.9. The monoisotopic (exact) mass is 541 g/mol. The zero-order chi connectivity index (χ0) is 24.8. The van der Waals surface area contributed by atoms with Crippen molar-refractivity contribution in [3.05, 3.63) is 69.4 Å². The van der Waals surface area contributed by atoms with E-state index in [2.05, 4.69) is 21.2 Å². The normalized spacial score (nSPS) is 20.5. The van der Waals surface area contributed by atoms with Crippen LogP contribution in [0.25, 0.3) is 0 Å². The zero-order valence-corrected chi connectivity index (χ0v) is 19.5. The summed E-state index contributed by atoms with van der Waals surface area (Å²) in [5.41, 5.74) is 0.373. The molecule has 4 amide bonds. The fourth-order valence-electron chi connectivity index (χ4n) is 4.41. The van der Waals surface area contributed by atoms with E-state index in [1.807, 2.05) is 6.07 Å². The van der Waals surface area contributed by atoms with E-state index in [1.165, 1.54) is 12.1 Å². The standard InChI is InChI=1S/C23H20BrF4N3O3/c1-13(23(26,27)28)30(11-14-5-7-15(25)8-6-14)19(32)12-31-20(33)22(29-21(31)34)10-9-16-17(22)3-2-4-18(16)24/h2-8,13H,9-12H2,1H3,(H,29,34). The van der Waals surface area contributed by atoms with Crippen LogP contribution in [-0.2, 0) is 28.1 Å². The van der Waals surface area contributed by atoms with Gasteiger partial charge in [0.1, 0.15) is 23.9 Å². The van der Waals surface area contributed by atoms with Crippen molar-refractivity contribution in [3.8, 4) is 0 Å². The number of rotatable bonds is 5. The summed E-state index contributed by atoms with van der Waals surface area (Å²) in [6.45, 7) is -0.499. The SMILES string of the molecule is CC(N(Cc1ccc(F)cc1)C(=O)CN1C(=O)NC2(CCc3c(Br)cccc32)C1=O)C(F)(F)F. The van der Waals surface area contributed by atoms with Gasteiger partial charge in [-0.15, -0.1) is 0 Å². The van der Waals surface area contributed by atoms with E-state index >= 15 is 0 Å². The molecule has 4 rings (SSSR count). The lowest BCUT2D eigenvalue weighted by molar-refractivity contribution is -0.187. The summed E-state index contributed by atoms with van der Waals surface area (Å²) in [4.78, 5) is 40.3. The Bertz CT molecular complexity index is 1160. The number of hydrogen-bond donors (Lipinski definition) is 1. The van der Waals surface area contributed by atoms with Crippen molar-refractivity contribution in [2.24, 2.45) is 0 Å². The maximum absolute atomic E-state index is 13.5. The van der Waals surface area contributed by atoms with E-state index < -0.39 is 54.5 Å². The molecule has 1 saturated heterocycles. The minimum absolute atomic E-state index is 0.272. The maximum atomic E-state index is 13.5. The molecule has 1 aliphatic heterocycles. The molecule has 1 aliphatic carbocycles. The first kappa shape index (κ1) is 24.2. The minimum Gasteiger partial charge on any atom is -0.325 e. The van der Waals surface area contributed by atoms with Crippen molar-refractivity contribution in [2.45, 2.75) is 44.1 Å². The maximum Gasteiger partial charge on any atom is 0.408 e. The number of alkyl halides is 3. The van der Waals surface area contributed by atoms with Crippen LogP contribution in [0.5, 0.6) is 0 Å². The van der Waals surface area contributed by atoms with Crippen LogP contribution in [-0.4, -0.2) is 46.4 Å². The van der Waals surface area contributed by atoms with Crippen LogP contribution < -0.4 is 5.32 Å². The van der Waals surface area contributed by atoms with E-state index in [4.69, 9.17) is 0 Å². The molecule has 2 atom stereocenters. The molecule has 11 heteroatoms. The average molecular weight is 542 g/mol. The molecular formula is C23H20BrF4N3O3. The number of carbonyl (C=O) groups excluding carboxylic acids is 3. The largest absolute Gasteiger partial charge is 0.408 e. The van der Waals surface area contributed by atoms with E-state index in [9.17, 15) is 31.9 Å². The van der Waals surface area contributed by atoms with Crippen molar-refractivity contribution in [1.29, 1.82) is 0 Å². The van der Waals surface area contributed by atoms with Gasteiger partial charge in [-0.3, -0.25) is 14.5 Å². The highest BCUT2D eigenvalue weighted by atomic mass is 79.9. The number of urea groups is 1. The summed E-state index contributed by atoms with van der Waals surface area (Å²) in [5.74, 6) is -2.30. The number of nitrogens with zero attached hydrogens (tertiary/aromatic N) is 2. The van der Waals surface area contributed by atoms with Gasteiger partial charge in [0.2, 0.25) is 5.91 Å². The van der Waals surface area contributed by atoms with Crippen molar-refractivity contribution in [1.82, 2.24) is 15.1 Å². The smallest absolute Gasteiger partial charge is 0.325 e. The highest BCUT2D eigenvalue weighted by molar-refractivity contribution is 9.10. The van der Waals surface area contributed by atoms with Crippen LogP contribution in [0, 0.1) is 5.82 Å². The Morgan fingerprint density at radius 1 is 1.21 bits per heavy atom. The first-order valence-electron chi connectivity index (χ1n) is 10.5. The predicted molar refractivity (Wildman–Crippen MR) is 117 cm³/mol. The average Bonchev–Trinajstić information content (AvgIpc) is 3.26. The number of carbonyl (C=O) groups is 3. The van der Waals surface area contributed by atoms with E-state index in [0.717, 1.165) is 29.1 Å². The number of halogens is 5. The lowest BCUT2D eigenvalue weighted by atomic mass is 9.92. The number of hydrogen-bond acceptors (Lipinski definition) is 3. The molecule has 34 heavy (non-hydrogen) atoms. The number of benzene rings is 2. The summed E-state index contributed by atoms with van der Waals surface area (Å²) in [5, 5.41) is 2.65. The van der Waals surface area contributed by atoms with Gasteiger partial charge >= 0.3 is 12.2 Å². The molecule has 0 bridgehead atoms. The molecule has 1 spiro atoms. The van der Waals surface area contributed by atoms with Crippen LogP contribution in [0.15, 0.2) is 46.9 Å². The zero-order valence-electron chi connectivity index (χ0n) is 18.0. The van der Waals surface area contributed by atoms with Crippen LogP contribution in [0.4, 0.5) is 22.4 Å². The third-order valence-corrected chi connectivity index (χ3v) is 7.07. The molecule has 1 N–H and O–H groups in total. The summed E-state index contributed by atoms with van der Waals surface area (Å²) in [6.07, 6.45) is -3.96. The van der Waals surface area contributed by atoms with Crippen molar-refractivity contribution in [3.63, 3.8) is 0 Å². The lowest BCUT2D eigenvalue weighted by Crippen LogP contribution is -2.51. The molecular weight excluding hydrogens is 522 g/mol. The van der Waals surface area contributed by atoms with Crippen molar-refractivity contribution < 1.29 is 31.9 Å². The van der Waals surface area contributed by atoms with Crippen molar-refractivity contribution in [2.75, 3.05) is 6.54 Å². The molecule has 2 aliphatic rings. The van der Waals surface area contributed by atoms with E-state index in [-0.39, 0.29) is 12.0 Å². The van der Waals surface area contributed by atoms with Gasteiger partial charge in [-0.25, -0.2) is 9.18 Å². The fraction of sp³-hybridized carbons (Fsp3) is 0.348. The van der Waals surface area contributed by atoms with Crippen LogP contribution in [0.1, 0.15) is 30.0 Å². The molecule has 1 heterocycles. The molecule has 6 nitrogen and oxygen atoms in total. The van der Waals surface area contributed by atoms with Crippen LogP contribution in [0.2, 0.25) is 0 Å². The highest BCUT2D eigenvalue weighted by Crippen LogP contribution is 2.43. The third-order valence-electron chi connectivity index (χ3n) is 6.33. The first-order valence-corrected chi connectivity index (χ1v) is 11.3. The Morgan fingerprint density at radius 3 is 2.53 bits per heavy atom. The second-order valence-electron chi connectivity index (χ2n) is 8.36. The van der Waals surface area contributed by atoms with Crippen molar-refractivity contribution >= 4 is 33.8 Å². The van der Waals surface area contributed by atoms with Gasteiger partial charge in [-0.2, -0.15) is 13.2 Å². The van der Waals surface area contributed by atoms with Crippen LogP contribution in [0.3, 0.4) is 0 Å².